The lowest BCUT2D eigenvalue weighted by molar-refractivity contribution is -0.143. The molecule has 3 atom stereocenters. The number of carbonyl (C=O) groups is 2. The van der Waals surface area contributed by atoms with Crippen molar-refractivity contribution in [2.75, 3.05) is 6.61 Å². The van der Waals surface area contributed by atoms with Gasteiger partial charge in [-0.3, -0.25) is 9.59 Å². The van der Waals surface area contributed by atoms with Crippen LogP contribution in [0.25, 0.3) is 0 Å². The molecule has 1 saturated heterocycles. The first-order chi connectivity index (χ1) is 9.16. The number of hydrogen-bond acceptors (Lipinski definition) is 3. The maximum Gasteiger partial charge on any atom is 0.308 e. The number of ether oxygens (including phenoxy) is 1. The summed E-state index contributed by atoms with van der Waals surface area (Å²) in [5.41, 5.74) is 0. The molecule has 19 heavy (non-hydrogen) atoms. The summed E-state index contributed by atoms with van der Waals surface area (Å²) < 4.78 is 5.43. The van der Waals surface area contributed by atoms with Gasteiger partial charge in [0.2, 0.25) is 5.91 Å². The van der Waals surface area contributed by atoms with Crippen LogP contribution in [0.4, 0.5) is 0 Å². The lowest BCUT2D eigenvalue weighted by Gasteiger charge is -2.23. The number of carbonyl (C=O) groups excluding carboxylic acids is 1. The molecule has 1 amide bonds. The van der Waals surface area contributed by atoms with Gasteiger partial charge >= 0.3 is 5.97 Å². The van der Waals surface area contributed by atoms with E-state index in [0.717, 1.165) is 45.1 Å². The van der Waals surface area contributed by atoms with Crippen molar-refractivity contribution < 1.29 is 19.4 Å². The van der Waals surface area contributed by atoms with Crippen molar-refractivity contribution in [1.29, 1.82) is 0 Å². The van der Waals surface area contributed by atoms with Gasteiger partial charge in [0.15, 0.2) is 0 Å². The zero-order valence-corrected chi connectivity index (χ0v) is 11.3. The Labute approximate surface area is 113 Å². The summed E-state index contributed by atoms with van der Waals surface area (Å²) in [5, 5.41) is 12.2. The predicted molar refractivity (Wildman–Crippen MR) is 69.7 cm³/mol. The molecular weight excluding hydrogens is 246 g/mol. The van der Waals surface area contributed by atoms with Gasteiger partial charge in [0.1, 0.15) is 0 Å². The summed E-state index contributed by atoms with van der Waals surface area (Å²) in [4.78, 5) is 23.2. The third-order valence-corrected chi connectivity index (χ3v) is 4.12. The first-order valence-electron chi connectivity index (χ1n) is 7.30. The molecule has 0 aromatic carbocycles. The average Bonchev–Trinajstić information content (AvgIpc) is 2.73. The van der Waals surface area contributed by atoms with E-state index in [0.29, 0.717) is 12.8 Å². The molecule has 2 N–H and O–H groups in total. The van der Waals surface area contributed by atoms with Gasteiger partial charge in [0.25, 0.3) is 0 Å². The number of carboxylic acids is 1. The van der Waals surface area contributed by atoms with Gasteiger partial charge in [-0.15, -0.1) is 0 Å². The summed E-state index contributed by atoms with van der Waals surface area (Å²) in [7, 11) is 0. The number of aliphatic carboxylic acids is 1. The Kier molecular flexibility index (Phi) is 5.19. The Bertz CT molecular complexity index is 325. The van der Waals surface area contributed by atoms with Gasteiger partial charge < -0.3 is 15.2 Å². The van der Waals surface area contributed by atoms with Gasteiger partial charge in [-0.25, -0.2) is 0 Å². The van der Waals surface area contributed by atoms with E-state index in [2.05, 4.69) is 5.32 Å². The average molecular weight is 269 g/mol. The van der Waals surface area contributed by atoms with Gasteiger partial charge in [-0.1, -0.05) is 19.3 Å². The Hall–Kier alpha value is -1.10. The van der Waals surface area contributed by atoms with Crippen LogP contribution in [-0.2, 0) is 14.3 Å². The fourth-order valence-electron chi connectivity index (χ4n) is 3.05. The van der Waals surface area contributed by atoms with Gasteiger partial charge in [-0.2, -0.15) is 0 Å². The number of rotatable bonds is 4. The topological polar surface area (TPSA) is 75.6 Å². The molecule has 0 radical (unpaired) electrons. The van der Waals surface area contributed by atoms with Crippen molar-refractivity contribution in [2.24, 2.45) is 5.92 Å². The fraction of sp³-hybridized carbons (Fsp3) is 0.857. The van der Waals surface area contributed by atoms with Crippen LogP contribution in [-0.4, -0.2) is 35.7 Å². The molecular formula is C14H23NO4. The van der Waals surface area contributed by atoms with Gasteiger partial charge in [0.05, 0.1) is 18.4 Å². The highest BCUT2D eigenvalue weighted by molar-refractivity contribution is 5.78. The highest BCUT2D eigenvalue weighted by atomic mass is 16.5. The molecule has 1 aliphatic heterocycles. The molecule has 2 aliphatic rings. The normalized spacial score (nSPS) is 31.7. The van der Waals surface area contributed by atoms with Crippen molar-refractivity contribution in [3.8, 4) is 0 Å². The Morgan fingerprint density at radius 3 is 2.58 bits per heavy atom. The van der Waals surface area contributed by atoms with E-state index in [1.165, 1.54) is 0 Å². The highest BCUT2D eigenvalue weighted by Gasteiger charge is 2.31. The molecule has 5 heteroatoms. The van der Waals surface area contributed by atoms with E-state index < -0.39 is 11.9 Å². The highest BCUT2D eigenvalue weighted by Crippen LogP contribution is 2.24. The van der Waals surface area contributed by atoms with Crippen LogP contribution in [0.1, 0.15) is 51.4 Å². The van der Waals surface area contributed by atoms with Crippen molar-refractivity contribution in [1.82, 2.24) is 5.32 Å². The number of carboxylic acid groups (broad SMARTS) is 1. The van der Waals surface area contributed by atoms with Crippen molar-refractivity contribution in [3.05, 3.63) is 0 Å². The van der Waals surface area contributed by atoms with Crippen LogP contribution in [0.15, 0.2) is 0 Å². The summed E-state index contributed by atoms with van der Waals surface area (Å²) in [5.74, 6) is -1.29. The summed E-state index contributed by atoms with van der Waals surface area (Å²) >= 11 is 0. The molecule has 0 aromatic rings. The van der Waals surface area contributed by atoms with Crippen LogP contribution in [0.2, 0.25) is 0 Å². The SMILES string of the molecule is O=C(CC1CCCO1)NC1CCCCCC1C(=O)O. The molecule has 0 aromatic heterocycles. The standard InChI is InChI=1S/C14H23NO4/c16-13(9-10-5-4-8-19-10)15-12-7-3-1-2-6-11(12)14(17)18/h10-12H,1-9H2,(H,15,16)(H,17,18). The molecule has 3 unspecified atom stereocenters. The van der Waals surface area contributed by atoms with Crippen LogP contribution >= 0.6 is 0 Å². The second kappa shape index (κ2) is 6.89. The smallest absolute Gasteiger partial charge is 0.308 e. The van der Waals surface area contributed by atoms with Gasteiger partial charge in [-0.05, 0) is 25.7 Å². The lowest BCUT2D eigenvalue weighted by atomic mass is 9.94. The van der Waals surface area contributed by atoms with Crippen LogP contribution in [0.3, 0.4) is 0 Å². The zero-order valence-electron chi connectivity index (χ0n) is 11.3. The minimum Gasteiger partial charge on any atom is -0.481 e. The Balaban J connectivity index is 1.86. The predicted octanol–water partition coefficient (Wildman–Crippen LogP) is 1.71. The molecule has 1 aliphatic carbocycles. The summed E-state index contributed by atoms with van der Waals surface area (Å²) in [6, 6.07) is -0.214. The van der Waals surface area contributed by atoms with E-state index in [-0.39, 0.29) is 18.1 Å². The van der Waals surface area contributed by atoms with E-state index >= 15 is 0 Å². The van der Waals surface area contributed by atoms with E-state index in [1.807, 2.05) is 0 Å². The second-order valence-electron chi connectivity index (χ2n) is 5.60. The molecule has 1 saturated carbocycles. The second-order valence-corrected chi connectivity index (χ2v) is 5.60. The Morgan fingerprint density at radius 1 is 1.11 bits per heavy atom. The van der Waals surface area contributed by atoms with Crippen LogP contribution < -0.4 is 5.32 Å². The van der Waals surface area contributed by atoms with E-state index in [4.69, 9.17) is 4.74 Å². The third-order valence-electron chi connectivity index (χ3n) is 4.12. The minimum atomic E-state index is -0.788. The summed E-state index contributed by atoms with van der Waals surface area (Å²) in [6.07, 6.45) is 6.76. The molecule has 2 fully saturated rings. The molecule has 0 spiro atoms. The first-order valence-corrected chi connectivity index (χ1v) is 7.30. The van der Waals surface area contributed by atoms with Crippen LogP contribution in [0.5, 0.6) is 0 Å². The first kappa shape index (κ1) is 14.3. The van der Waals surface area contributed by atoms with E-state index in [9.17, 15) is 14.7 Å². The third kappa shape index (κ3) is 4.20. The fourth-order valence-corrected chi connectivity index (χ4v) is 3.05. The number of amides is 1. The quantitative estimate of drug-likeness (QED) is 0.762. The maximum absolute atomic E-state index is 12.0. The molecule has 0 bridgehead atoms. The maximum atomic E-state index is 12.0. The molecule has 1 heterocycles. The van der Waals surface area contributed by atoms with Crippen molar-refractivity contribution in [3.63, 3.8) is 0 Å². The largest absolute Gasteiger partial charge is 0.481 e. The minimum absolute atomic E-state index is 0.0223. The summed E-state index contributed by atoms with van der Waals surface area (Å²) in [6.45, 7) is 0.735. The van der Waals surface area contributed by atoms with E-state index in [1.54, 1.807) is 0 Å². The number of nitrogens with one attached hydrogen (secondary N) is 1. The Morgan fingerprint density at radius 2 is 1.89 bits per heavy atom. The van der Waals surface area contributed by atoms with Crippen LogP contribution in [0, 0.1) is 5.92 Å². The van der Waals surface area contributed by atoms with Gasteiger partial charge in [0, 0.05) is 12.6 Å². The number of hydrogen-bond donors (Lipinski definition) is 2. The molecule has 108 valence electrons. The monoisotopic (exact) mass is 269 g/mol. The lowest BCUT2D eigenvalue weighted by Crippen LogP contribution is -2.43. The van der Waals surface area contributed by atoms with Crippen molar-refractivity contribution >= 4 is 11.9 Å². The molecule has 5 nitrogen and oxygen atoms in total. The molecule has 2 rings (SSSR count). The zero-order chi connectivity index (χ0) is 13.7. The van der Waals surface area contributed by atoms with Crippen molar-refractivity contribution in [2.45, 2.75) is 63.5 Å².